The lowest BCUT2D eigenvalue weighted by Crippen LogP contribution is -2.12. The molecule has 0 aromatic carbocycles. The first-order chi connectivity index (χ1) is 6.20. The van der Waals surface area contributed by atoms with Crippen molar-refractivity contribution in [2.24, 2.45) is 5.92 Å². The minimum absolute atomic E-state index is 0.291. The second kappa shape index (κ2) is 4.91. The minimum Gasteiger partial charge on any atom is -0.481 e. The van der Waals surface area contributed by atoms with Gasteiger partial charge in [0.05, 0.1) is 11.8 Å². The lowest BCUT2D eigenvalue weighted by Gasteiger charge is -2.05. The van der Waals surface area contributed by atoms with Gasteiger partial charge in [-0.05, 0) is 6.07 Å². The Hall–Kier alpha value is -0.970. The maximum absolute atomic E-state index is 10.5. The molecule has 4 nitrogen and oxygen atoms in total. The Bertz CT molecular complexity index is 261. The zero-order valence-corrected chi connectivity index (χ0v) is 8.20. The fourth-order valence-corrected chi connectivity index (χ4v) is 1.71. The number of carboxylic acids is 1. The van der Waals surface area contributed by atoms with E-state index in [4.69, 9.17) is 5.11 Å². The Balaban J connectivity index is 2.18. The number of carbonyl (C=O) groups is 1. The van der Waals surface area contributed by atoms with Crippen LogP contribution in [0.5, 0.6) is 0 Å². The summed E-state index contributed by atoms with van der Waals surface area (Å²) in [4.78, 5) is 10.5. The molecule has 0 saturated carbocycles. The Morgan fingerprint density at radius 3 is 3.08 bits per heavy atom. The average Bonchev–Trinajstić information content (AvgIpc) is 2.56. The normalized spacial score (nSPS) is 12.7. The van der Waals surface area contributed by atoms with Gasteiger partial charge in [-0.15, -0.1) is 11.8 Å². The van der Waals surface area contributed by atoms with Crippen LogP contribution in [0.4, 0.5) is 0 Å². The molecule has 0 radical (unpaired) electrons. The van der Waals surface area contributed by atoms with Gasteiger partial charge in [-0.1, -0.05) is 6.92 Å². The predicted octanol–water partition coefficient (Wildman–Crippen LogP) is 1.29. The van der Waals surface area contributed by atoms with Crippen molar-refractivity contribution in [3.8, 4) is 0 Å². The summed E-state index contributed by atoms with van der Waals surface area (Å²) in [6, 6.07) is 1.85. The van der Waals surface area contributed by atoms with Gasteiger partial charge in [0, 0.05) is 18.1 Å². The molecule has 13 heavy (non-hydrogen) atoms. The SMILES string of the molecule is CC(CSCn1cccn1)C(=O)O. The first-order valence-corrected chi connectivity index (χ1v) is 5.13. The average molecular weight is 200 g/mol. The van der Waals surface area contributed by atoms with Gasteiger partial charge >= 0.3 is 5.97 Å². The topological polar surface area (TPSA) is 55.1 Å². The van der Waals surface area contributed by atoms with Crippen molar-refractivity contribution in [3.05, 3.63) is 18.5 Å². The third-order valence-corrected chi connectivity index (χ3v) is 2.75. The molecular weight excluding hydrogens is 188 g/mol. The van der Waals surface area contributed by atoms with Crippen molar-refractivity contribution >= 4 is 17.7 Å². The number of hydrogen-bond acceptors (Lipinski definition) is 3. The number of aliphatic carboxylic acids is 1. The van der Waals surface area contributed by atoms with Crippen LogP contribution < -0.4 is 0 Å². The van der Waals surface area contributed by atoms with Crippen LogP contribution in [0, 0.1) is 5.92 Å². The highest BCUT2D eigenvalue weighted by Crippen LogP contribution is 2.10. The van der Waals surface area contributed by atoms with Crippen LogP contribution >= 0.6 is 11.8 Å². The molecule has 1 rings (SSSR count). The molecule has 0 aliphatic carbocycles. The summed E-state index contributed by atoms with van der Waals surface area (Å²) in [7, 11) is 0. The van der Waals surface area contributed by atoms with Gasteiger partial charge in [0.1, 0.15) is 0 Å². The number of carboxylic acid groups (broad SMARTS) is 1. The van der Waals surface area contributed by atoms with Crippen LogP contribution in [0.3, 0.4) is 0 Å². The summed E-state index contributed by atoms with van der Waals surface area (Å²) in [6.45, 7) is 1.71. The monoisotopic (exact) mass is 200 g/mol. The summed E-state index contributed by atoms with van der Waals surface area (Å²) in [5, 5.41) is 12.6. The highest BCUT2D eigenvalue weighted by atomic mass is 32.2. The zero-order valence-electron chi connectivity index (χ0n) is 7.38. The largest absolute Gasteiger partial charge is 0.481 e. The summed E-state index contributed by atoms with van der Waals surface area (Å²) in [5.41, 5.74) is 0. The minimum atomic E-state index is -0.743. The summed E-state index contributed by atoms with van der Waals surface area (Å²) < 4.78 is 1.78. The van der Waals surface area contributed by atoms with Gasteiger partial charge in [0.15, 0.2) is 0 Å². The van der Waals surface area contributed by atoms with Gasteiger partial charge in [0.25, 0.3) is 0 Å². The summed E-state index contributed by atoms with van der Waals surface area (Å²) in [6.07, 6.45) is 3.57. The maximum Gasteiger partial charge on any atom is 0.307 e. The second-order valence-corrected chi connectivity index (χ2v) is 3.78. The second-order valence-electron chi connectivity index (χ2n) is 2.78. The molecule has 0 bridgehead atoms. The van der Waals surface area contributed by atoms with Crippen LogP contribution in [0.1, 0.15) is 6.92 Å². The molecule has 1 unspecified atom stereocenters. The fourth-order valence-electron chi connectivity index (χ4n) is 0.771. The molecule has 0 amide bonds. The van der Waals surface area contributed by atoms with Crippen molar-refractivity contribution in [3.63, 3.8) is 0 Å². The highest BCUT2D eigenvalue weighted by molar-refractivity contribution is 7.98. The summed E-state index contributed by atoms with van der Waals surface area (Å²) >= 11 is 1.57. The van der Waals surface area contributed by atoms with Gasteiger partial charge < -0.3 is 5.11 Å². The van der Waals surface area contributed by atoms with E-state index in [1.54, 1.807) is 29.6 Å². The quantitative estimate of drug-likeness (QED) is 0.778. The van der Waals surface area contributed by atoms with E-state index in [1.807, 2.05) is 12.3 Å². The van der Waals surface area contributed by atoms with Crippen molar-refractivity contribution < 1.29 is 9.90 Å². The van der Waals surface area contributed by atoms with E-state index >= 15 is 0 Å². The zero-order chi connectivity index (χ0) is 9.68. The van der Waals surface area contributed by atoms with Crippen LogP contribution in [0.15, 0.2) is 18.5 Å². The lowest BCUT2D eigenvalue weighted by atomic mass is 10.2. The molecule has 72 valence electrons. The molecule has 5 heteroatoms. The van der Waals surface area contributed by atoms with E-state index in [0.717, 1.165) is 0 Å². The Morgan fingerprint density at radius 1 is 1.77 bits per heavy atom. The third kappa shape index (κ3) is 3.50. The number of nitrogens with zero attached hydrogens (tertiary/aromatic N) is 2. The van der Waals surface area contributed by atoms with E-state index in [9.17, 15) is 4.79 Å². The molecular formula is C8H12N2O2S. The van der Waals surface area contributed by atoms with Crippen molar-refractivity contribution in [1.29, 1.82) is 0 Å². The van der Waals surface area contributed by atoms with Crippen LogP contribution in [0.25, 0.3) is 0 Å². The number of thioether (sulfide) groups is 1. The molecule has 1 aromatic rings. The molecule has 0 aliphatic heterocycles. The van der Waals surface area contributed by atoms with E-state index in [1.165, 1.54) is 0 Å². The van der Waals surface area contributed by atoms with E-state index < -0.39 is 5.97 Å². The maximum atomic E-state index is 10.5. The number of rotatable bonds is 5. The lowest BCUT2D eigenvalue weighted by molar-refractivity contribution is -0.140. The molecule has 1 atom stereocenters. The molecule has 1 aromatic heterocycles. The Morgan fingerprint density at radius 2 is 2.54 bits per heavy atom. The molecule has 1 heterocycles. The van der Waals surface area contributed by atoms with Crippen LogP contribution in [0.2, 0.25) is 0 Å². The number of hydrogen-bond donors (Lipinski definition) is 1. The highest BCUT2D eigenvalue weighted by Gasteiger charge is 2.09. The molecule has 0 saturated heterocycles. The van der Waals surface area contributed by atoms with Crippen molar-refractivity contribution in [2.45, 2.75) is 12.8 Å². The third-order valence-electron chi connectivity index (χ3n) is 1.57. The molecule has 0 spiro atoms. The Kier molecular flexibility index (Phi) is 3.82. The van der Waals surface area contributed by atoms with Gasteiger partial charge in [-0.3, -0.25) is 9.48 Å². The molecule has 0 aliphatic rings. The van der Waals surface area contributed by atoms with Crippen LogP contribution in [-0.2, 0) is 10.7 Å². The van der Waals surface area contributed by atoms with E-state index in [2.05, 4.69) is 5.10 Å². The van der Waals surface area contributed by atoms with Gasteiger partial charge in [-0.25, -0.2) is 0 Å². The molecule has 1 N–H and O–H groups in total. The number of aromatic nitrogens is 2. The first kappa shape index (κ1) is 10.1. The van der Waals surface area contributed by atoms with Crippen molar-refractivity contribution in [1.82, 2.24) is 9.78 Å². The van der Waals surface area contributed by atoms with Gasteiger partial charge in [-0.2, -0.15) is 5.10 Å². The van der Waals surface area contributed by atoms with E-state index in [-0.39, 0.29) is 5.92 Å². The first-order valence-electron chi connectivity index (χ1n) is 3.98. The van der Waals surface area contributed by atoms with Crippen molar-refractivity contribution in [2.75, 3.05) is 5.75 Å². The smallest absolute Gasteiger partial charge is 0.307 e. The molecule has 0 fully saturated rings. The van der Waals surface area contributed by atoms with Gasteiger partial charge in [0.2, 0.25) is 0 Å². The predicted molar refractivity (Wildman–Crippen MR) is 51.5 cm³/mol. The standard InChI is InChI=1S/C8H12N2O2S/c1-7(8(11)12)5-13-6-10-4-2-3-9-10/h2-4,7H,5-6H2,1H3,(H,11,12). The van der Waals surface area contributed by atoms with E-state index in [0.29, 0.717) is 11.6 Å². The Labute approximate surface area is 80.9 Å². The fraction of sp³-hybridized carbons (Fsp3) is 0.500. The van der Waals surface area contributed by atoms with Crippen LogP contribution in [-0.4, -0.2) is 26.6 Å². The summed E-state index contributed by atoms with van der Waals surface area (Å²) in [5.74, 6) is 0.299.